The Kier molecular flexibility index (Phi) is 5.61. The molecule has 0 saturated carbocycles. The molecule has 0 unspecified atom stereocenters. The maximum Gasteiger partial charge on any atom is 0.339 e. The molecule has 0 bridgehead atoms. The van der Waals surface area contributed by atoms with Crippen molar-refractivity contribution in [3.8, 4) is 0 Å². The Hall–Kier alpha value is -3.08. The van der Waals surface area contributed by atoms with Crippen LogP contribution in [0.15, 0.2) is 48.5 Å². The van der Waals surface area contributed by atoms with Crippen LogP contribution < -0.4 is 0 Å². The van der Waals surface area contributed by atoms with Crippen molar-refractivity contribution in [1.29, 1.82) is 0 Å². The number of hydrogen-bond acceptors (Lipinski definition) is 4. The van der Waals surface area contributed by atoms with Crippen LogP contribution in [0.1, 0.15) is 59.2 Å². The molecule has 3 aromatic rings. The van der Waals surface area contributed by atoms with E-state index in [2.05, 4.69) is 20.8 Å². The maximum absolute atomic E-state index is 13.2. The summed E-state index contributed by atoms with van der Waals surface area (Å²) in [5, 5.41) is 0.745. The molecule has 5 heteroatoms. The number of rotatable bonds is 4. The summed E-state index contributed by atoms with van der Waals surface area (Å²) in [6.07, 6.45) is 2.60. The van der Waals surface area contributed by atoms with Crippen molar-refractivity contribution in [2.75, 3.05) is 6.61 Å². The molecule has 0 aliphatic heterocycles. The Morgan fingerprint density at radius 1 is 1.10 bits per heavy atom. The summed E-state index contributed by atoms with van der Waals surface area (Å²) in [4.78, 5) is 30.4. The Bertz CT molecular complexity index is 1150. The number of aromatic nitrogens is 1. The third kappa shape index (κ3) is 4.36. The SMILES string of the molecule is CC(C)(C)[C@@H]1CCc2nc3ccccc3c(C(=O)OCC(=O)c3ccc(F)cc3)c2C1. The second-order valence-electron chi connectivity index (χ2n) is 9.24. The first-order chi connectivity index (χ1) is 14.7. The van der Waals surface area contributed by atoms with Gasteiger partial charge in [-0.05, 0) is 66.5 Å². The van der Waals surface area contributed by atoms with Gasteiger partial charge in [0.1, 0.15) is 5.82 Å². The Morgan fingerprint density at radius 2 is 1.81 bits per heavy atom. The van der Waals surface area contributed by atoms with Crippen LogP contribution in [0.5, 0.6) is 0 Å². The van der Waals surface area contributed by atoms with Crippen molar-refractivity contribution >= 4 is 22.7 Å². The van der Waals surface area contributed by atoms with Crippen LogP contribution in [0, 0.1) is 17.2 Å². The number of aryl methyl sites for hydroxylation is 1. The van der Waals surface area contributed by atoms with Crippen LogP contribution >= 0.6 is 0 Å². The standard InChI is InChI=1S/C26H26FNO3/c1-26(2,3)17-10-13-22-20(14-17)24(19-6-4-5-7-21(19)28-22)25(30)31-15-23(29)16-8-11-18(27)12-9-16/h4-9,11-12,17H,10,13-15H2,1-3H3/t17-/m1/s1. The molecule has 4 rings (SSSR count). The number of esters is 1. The Labute approximate surface area is 181 Å². The lowest BCUT2D eigenvalue weighted by atomic mass is 9.70. The second kappa shape index (κ2) is 8.22. The second-order valence-corrected chi connectivity index (χ2v) is 9.24. The van der Waals surface area contributed by atoms with Crippen molar-refractivity contribution < 1.29 is 18.7 Å². The van der Waals surface area contributed by atoms with E-state index in [1.807, 2.05) is 24.3 Å². The molecule has 1 aliphatic carbocycles. The fourth-order valence-corrected chi connectivity index (χ4v) is 4.28. The molecule has 0 radical (unpaired) electrons. The lowest BCUT2D eigenvalue weighted by Crippen LogP contribution is -2.29. The Balaban J connectivity index is 1.66. The molecular weight excluding hydrogens is 393 g/mol. The van der Waals surface area contributed by atoms with Crippen LogP contribution in [0.3, 0.4) is 0 Å². The van der Waals surface area contributed by atoms with Gasteiger partial charge in [0, 0.05) is 16.6 Å². The number of nitrogens with zero attached hydrogens (tertiary/aromatic N) is 1. The van der Waals surface area contributed by atoms with Gasteiger partial charge in [-0.25, -0.2) is 9.18 Å². The van der Waals surface area contributed by atoms with Gasteiger partial charge >= 0.3 is 5.97 Å². The normalized spacial score (nSPS) is 16.1. The van der Waals surface area contributed by atoms with Crippen LogP contribution in [0.25, 0.3) is 10.9 Å². The number of para-hydroxylation sites is 1. The Morgan fingerprint density at radius 3 is 2.52 bits per heavy atom. The fourth-order valence-electron chi connectivity index (χ4n) is 4.28. The minimum absolute atomic E-state index is 0.114. The quantitative estimate of drug-likeness (QED) is 0.410. The topological polar surface area (TPSA) is 56.3 Å². The minimum atomic E-state index is -0.514. The number of fused-ring (bicyclic) bond motifs is 2. The van der Waals surface area contributed by atoms with Gasteiger partial charge in [-0.15, -0.1) is 0 Å². The van der Waals surface area contributed by atoms with Crippen LogP contribution in [-0.2, 0) is 17.6 Å². The van der Waals surface area contributed by atoms with Crippen molar-refractivity contribution in [2.24, 2.45) is 11.3 Å². The first-order valence-electron chi connectivity index (χ1n) is 10.6. The summed E-state index contributed by atoms with van der Waals surface area (Å²) in [5.74, 6) is -0.875. The largest absolute Gasteiger partial charge is 0.454 e. The number of Topliss-reactive ketones (excluding diaryl/α,β-unsaturated/α-hetero) is 1. The molecule has 1 atom stereocenters. The van der Waals surface area contributed by atoms with E-state index in [-0.39, 0.29) is 11.2 Å². The zero-order valence-corrected chi connectivity index (χ0v) is 18.1. The number of carbonyl (C=O) groups is 2. The van der Waals surface area contributed by atoms with Gasteiger partial charge in [0.25, 0.3) is 0 Å². The summed E-state index contributed by atoms with van der Waals surface area (Å²) in [5.41, 5.74) is 3.57. The van der Waals surface area contributed by atoms with Crippen molar-refractivity contribution in [3.63, 3.8) is 0 Å². The van der Waals surface area contributed by atoms with Gasteiger partial charge in [0.05, 0.1) is 11.1 Å². The summed E-state index contributed by atoms with van der Waals surface area (Å²) < 4.78 is 18.6. The van der Waals surface area contributed by atoms with Crippen LogP contribution in [-0.4, -0.2) is 23.3 Å². The van der Waals surface area contributed by atoms with Crippen molar-refractivity contribution in [2.45, 2.75) is 40.0 Å². The summed E-state index contributed by atoms with van der Waals surface area (Å²) >= 11 is 0. The maximum atomic E-state index is 13.2. The number of carbonyl (C=O) groups excluding carboxylic acids is 2. The van der Waals surface area contributed by atoms with E-state index in [4.69, 9.17) is 9.72 Å². The minimum Gasteiger partial charge on any atom is -0.454 e. The number of halogens is 1. The van der Waals surface area contributed by atoms with E-state index in [9.17, 15) is 14.0 Å². The fraction of sp³-hybridized carbons (Fsp3) is 0.346. The van der Waals surface area contributed by atoms with E-state index in [0.29, 0.717) is 17.0 Å². The van der Waals surface area contributed by atoms with Crippen molar-refractivity contribution in [1.82, 2.24) is 4.98 Å². The highest BCUT2D eigenvalue weighted by atomic mass is 19.1. The zero-order chi connectivity index (χ0) is 22.2. The monoisotopic (exact) mass is 419 g/mol. The summed E-state index contributed by atoms with van der Waals surface area (Å²) in [6, 6.07) is 12.8. The van der Waals surface area contributed by atoms with Gasteiger partial charge in [-0.2, -0.15) is 0 Å². The highest BCUT2D eigenvalue weighted by molar-refractivity contribution is 6.06. The number of hydrogen-bond donors (Lipinski definition) is 0. The van der Waals surface area contributed by atoms with Gasteiger partial charge in [-0.3, -0.25) is 9.78 Å². The first-order valence-corrected chi connectivity index (χ1v) is 10.6. The lowest BCUT2D eigenvalue weighted by molar-refractivity contribution is 0.0474. The van der Waals surface area contributed by atoms with Gasteiger partial charge in [0.2, 0.25) is 0 Å². The summed E-state index contributed by atoms with van der Waals surface area (Å²) in [6.45, 7) is 6.27. The molecule has 1 heterocycles. The predicted molar refractivity (Wildman–Crippen MR) is 118 cm³/mol. The lowest BCUT2D eigenvalue weighted by Gasteiger charge is -2.35. The van der Waals surface area contributed by atoms with E-state index >= 15 is 0 Å². The highest BCUT2D eigenvalue weighted by Crippen LogP contribution is 2.39. The molecule has 0 spiro atoms. The third-order valence-corrected chi connectivity index (χ3v) is 6.19. The van der Waals surface area contributed by atoms with E-state index in [0.717, 1.165) is 41.4 Å². The zero-order valence-electron chi connectivity index (χ0n) is 18.1. The number of ether oxygens (including phenoxy) is 1. The molecule has 0 fully saturated rings. The highest BCUT2D eigenvalue weighted by Gasteiger charge is 2.33. The van der Waals surface area contributed by atoms with E-state index in [1.54, 1.807) is 0 Å². The van der Waals surface area contributed by atoms with Crippen LogP contribution in [0.2, 0.25) is 0 Å². The molecule has 0 saturated heterocycles. The molecule has 160 valence electrons. The first kappa shape index (κ1) is 21.2. The molecule has 0 amide bonds. The number of benzene rings is 2. The van der Waals surface area contributed by atoms with Gasteiger partial charge < -0.3 is 4.74 Å². The molecule has 2 aromatic carbocycles. The number of pyridine rings is 1. The smallest absolute Gasteiger partial charge is 0.339 e. The van der Waals surface area contributed by atoms with E-state index in [1.165, 1.54) is 24.3 Å². The molecule has 0 N–H and O–H groups in total. The number of ketones is 1. The molecule has 31 heavy (non-hydrogen) atoms. The van der Waals surface area contributed by atoms with E-state index < -0.39 is 18.4 Å². The predicted octanol–water partition coefficient (Wildman–Crippen LogP) is 5.56. The van der Waals surface area contributed by atoms with Gasteiger partial charge in [0.15, 0.2) is 12.4 Å². The van der Waals surface area contributed by atoms with Gasteiger partial charge in [-0.1, -0.05) is 39.0 Å². The molecule has 4 nitrogen and oxygen atoms in total. The summed E-state index contributed by atoms with van der Waals surface area (Å²) in [7, 11) is 0. The third-order valence-electron chi connectivity index (χ3n) is 6.19. The molecule has 1 aliphatic rings. The van der Waals surface area contributed by atoms with Crippen molar-refractivity contribution in [3.05, 3.63) is 76.7 Å². The average Bonchev–Trinajstić information content (AvgIpc) is 2.75. The molecular formula is C26H26FNO3. The molecule has 1 aromatic heterocycles. The van der Waals surface area contributed by atoms with Crippen LogP contribution in [0.4, 0.5) is 4.39 Å². The average molecular weight is 419 g/mol.